The molecule has 1 heterocycles. The van der Waals surface area contributed by atoms with E-state index in [9.17, 15) is 9.59 Å². The van der Waals surface area contributed by atoms with Crippen LogP contribution in [0.25, 0.3) is 0 Å². The number of hydrogen-bond acceptors (Lipinski definition) is 3. The summed E-state index contributed by atoms with van der Waals surface area (Å²) in [6, 6.07) is 0. The van der Waals surface area contributed by atoms with Crippen molar-refractivity contribution < 1.29 is 9.59 Å². The molecule has 1 rings (SSSR count). The van der Waals surface area contributed by atoms with Crippen LogP contribution in [-0.2, 0) is 9.59 Å². The highest BCUT2D eigenvalue weighted by Gasteiger charge is 2.38. The van der Waals surface area contributed by atoms with Gasteiger partial charge in [-0.05, 0) is 32.4 Å². The van der Waals surface area contributed by atoms with Crippen LogP contribution >= 0.6 is 0 Å². The van der Waals surface area contributed by atoms with Gasteiger partial charge in [0, 0.05) is 19.0 Å². The first kappa shape index (κ1) is 17.0. The third-order valence-corrected chi connectivity index (χ3v) is 4.01. The molecule has 0 atom stereocenters. The van der Waals surface area contributed by atoms with E-state index in [0.29, 0.717) is 13.1 Å². The molecule has 1 aliphatic rings. The van der Waals surface area contributed by atoms with Crippen LogP contribution in [0.15, 0.2) is 0 Å². The van der Waals surface area contributed by atoms with Gasteiger partial charge in [0.25, 0.3) is 0 Å². The molecule has 0 radical (unpaired) electrons. The molecule has 0 spiro atoms. The summed E-state index contributed by atoms with van der Waals surface area (Å²) in [5.41, 5.74) is -0.206. The Labute approximate surface area is 122 Å². The van der Waals surface area contributed by atoms with E-state index in [1.165, 1.54) is 0 Å². The Morgan fingerprint density at radius 1 is 1.15 bits per heavy atom. The number of amides is 2. The Hall–Kier alpha value is -1.10. The maximum Gasteiger partial charge on any atom is 0.226 e. The molecule has 0 aromatic carbocycles. The summed E-state index contributed by atoms with van der Waals surface area (Å²) in [4.78, 5) is 23.9. The molecule has 1 saturated heterocycles. The van der Waals surface area contributed by atoms with Crippen molar-refractivity contribution in [2.75, 3.05) is 26.2 Å². The van der Waals surface area contributed by atoms with Gasteiger partial charge >= 0.3 is 0 Å². The van der Waals surface area contributed by atoms with Crippen LogP contribution < -0.4 is 16.0 Å². The van der Waals surface area contributed by atoms with Crippen molar-refractivity contribution in [3.05, 3.63) is 0 Å². The number of hydrogen-bond donors (Lipinski definition) is 3. The second kappa shape index (κ2) is 8.25. The number of rotatable bonds is 7. The molecule has 116 valence electrons. The fourth-order valence-corrected chi connectivity index (χ4v) is 2.73. The number of carbonyl (C=O) groups is 2. The Balaban J connectivity index is 2.37. The van der Waals surface area contributed by atoms with Gasteiger partial charge < -0.3 is 16.0 Å². The first-order valence-corrected chi connectivity index (χ1v) is 7.78. The van der Waals surface area contributed by atoms with E-state index >= 15 is 0 Å². The smallest absolute Gasteiger partial charge is 0.226 e. The summed E-state index contributed by atoms with van der Waals surface area (Å²) in [6.07, 6.45) is 3.78. The molecule has 0 aromatic heterocycles. The molecule has 0 unspecified atom stereocenters. The van der Waals surface area contributed by atoms with Gasteiger partial charge in [-0.3, -0.25) is 9.59 Å². The molecular formula is C15H29N3O2. The second-order valence-electron chi connectivity index (χ2n) is 5.98. The van der Waals surface area contributed by atoms with Gasteiger partial charge in [0.05, 0.1) is 5.41 Å². The zero-order valence-corrected chi connectivity index (χ0v) is 13.1. The lowest BCUT2D eigenvalue weighted by Crippen LogP contribution is -2.49. The zero-order chi connectivity index (χ0) is 15.0. The minimum Gasteiger partial charge on any atom is -0.354 e. The van der Waals surface area contributed by atoms with Crippen molar-refractivity contribution in [2.45, 2.75) is 46.5 Å². The number of carbonyl (C=O) groups excluding carboxylic acids is 2. The average Bonchev–Trinajstić information content (AvgIpc) is 2.44. The maximum atomic E-state index is 12.4. The SMILES string of the molecule is CCCC1(C(=O)NCCNC(=O)C(C)C)CCNCC1. The Morgan fingerprint density at radius 2 is 1.75 bits per heavy atom. The van der Waals surface area contributed by atoms with Gasteiger partial charge in [-0.1, -0.05) is 27.2 Å². The van der Waals surface area contributed by atoms with Crippen LogP contribution in [0.1, 0.15) is 46.5 Å². The highest BCUT2D eigenvalue weighted by atomic mass is 16.2. The summed E-state index contributed by atoms with van der Waals surface area (Å²) in [5.74, 6) is 0.172. The van der Waals surface area contributed by atoms with Crippen molar-refractivity contribution in [2.24, 2.45) is 11.3 Å². The minimum atomic E-state index is -0.206. The normalized spacial score (nSPS) is 17.8. The van der Waals surface area contributed by atoms with Crippen LogP contribution in [0.4, 0.5) is 0 Å². The van der Waals surface area contributed by atoms with Gasteiger partial charge in [-0.2, -0.15) is 0 Å². The van der Waals surface area contributed by atoms with Crippen molar-refractivity contribution in [3.8, 4) is 0 Å². The largest absolute Gasteiger partial charge is 0.354 e. The van der Waals surface area contributed by atoms with E-state index in [1.807, 2.05) is 13.8 Å². The molecule has 0 bridgehead atoms. The van der Waals surface area contributed by atoms with Crippen LogP contribution in [0.5, 0.6) is 0 Å². The number of nitrogens with one attached hydrogen (secondary N) is 3. The molecule has 3 N–H and O–H groups in total. The van der Waals surface area contributed by atoms with Crippen molar-refractivity contribution in [1.82, 2.24) is 16.0 Å². The maximum absolute atomic E-state index is 12.4. The van der Waals surface area contributed by atoms with Crippen molar-refractivity contribution >= 4 is 11.8 Å². The summed E-state index contributed by atoms with van der Waals surface area (Å²) in [6.45, 7) is 8.69. The van der Waals surface area contributed by atoms with E-state index in [2.05, 4.69) is 22.9 Å². The Bertz CT molecular complexity index is 318. The second-order valence-corrected chi connectivity index (χ2v) is 5.98. The molecule has 5 heteroatoms. The topological polar surface area (TPSA) is 70.2 Å². The molecular weight excluding hydrogens is 254 g/mol. The third-order valence-electron chi connectivity index (χ3n) is 4.01. The van der Waals surface area contributed by atoms with Crippen LogP contribution in [0.3, 0.4) is 0 Å². The Morgan fingerprint density at radius 3 is 2.30 bits per heavy atom. The first-order valence-electron chi connectivity index (χ1n) is 7.78. The van der Waals surface area contributed by atoms with E-state index in [-0.39, 0.29) is 23.1 Å². The van der Waals surface area contributed by atoms with Gasteiger partial charge in [-0.15, -0.1) is 0 Å². The van der Waals surface area contributed by atoms with Crippen molar-refractivity contribution in [1.29, 1.82) is 0 Å². The Kier molecular flexibility index (Phi) is 6.99. The summed E-state index contributed by atoms with van der Waals surface area (Å²) in [7, 11) is 0. The first-order chi connectivity index (χ1) is 9.52. The molecule has 1 fully saturated rings. The van der Waals surface area contributed by atoms with Crippen LogP contribution in [0, 0.1) is 11.3 Å². The zero-order valence-electron chi connectivity index (χ0n) is 13.1. The quantitative estimate of drug-likeness (QED) is 0.612. The molecule has 0 aromatic rings. The highest BCUT2D eigenvalue weighted by molar-refractivity contribution is 5.83. The predicted octanol–water partition coefficient (Wildman–Crippen LogP) is 1.04. The van der Waals surface area contributed by atoms with E-state index in [1.54, 1.807) is 0 Å². The minimum absolute atomic E-state index is 0.0124. The molecule has 2 amide bonds. The molecule has 0 aliphatic carbocycles. The lowest BCUT2D eigenvalue weighted by Gasteiger charge is -2.36. The monoisotopic (exact) mass is 283 g/mol. The lowest BCUT2D eigenvalue weighted by molar-refractivity contribution is -0.133. The third kappa shape index (κ3) is 4.78. The predicted molar refractivity (Wildman–Crippen MR) is 80.3 cm³/mol. The van der Waals surface area contributed by atoms with Crippen LogP contribution in [-0.4, -0.2) is 38.0 Å². The summed E-state index contributed by atoms with van der Waals surface area (Å²) < 4.78 is 0. The van der Waals surface area contributed by atoms with E-state index < -0.39 is 0 Å². The molecule has 1 aliphatic heterocycles. The van der Waals surface area contributed by atoms with Gasteiger partial charge in [0.1, 0.15) is 0 Å². The molecule has 0 saturated carbocycles. The lowest BCUT2D eigenvalue weighted by atomic mass is 9.74. The standard InChI is InChI=1S/C15H29N3O2/c1-4-5-15(6-8-16-9-7-15)14(20)18-11-10-17-13(19)12(2)3/h12,16H,4-11H2,1-3H3,(H,17,19)(H,18,20). The fourth-order valence-electron chi connectivity index (χ4n) is 2.73. The molecule has 5 nitrogen and oxygen atoms in total. The highest BCUT2D eigenvalue weighted by Crippen LogP contribution is 2.34. The van der Waals surface area contributed by atoms with E-state index in [0.717, 1.165) is 38.8 Å². The molecule has 20 heavy (non-hydrogen) atoms. The van der Waals surface area contributed by atoms with Crippen molar-refractivity contribution in [3.63, 3.8) is 0 Å². The van der Waals surface area contributed by atoms with Gasteiger partial charge in [0.2, 0.25) is 11.8 Å². The van der Waals surface area contributed by atoms with Crippen LogP contribution in [0.2, 0.25) is 0 Å². The summed E-state index contributed by atoms with van der Waals surface area (Å²) >= 11 is 0. The van der Waals surface area contributed by atoms with Gasteiger partial charge in [-0.25, -0.2) is 0 Å². The average molecular weight is 283 g/mol. The summed E-state index contributed by atoms with van der Waals surface area (Å²) in [5, 5.41) is 9.12. The number of piperidine rings is 1. The van der Waals surface area contributed by atoms with Gasteiger partial charge in [0.15, 0.2) is 0 Å². The van der Waals surface area contributed by atoms with E-state index in [4.69, 9.17) is 0 Å². The fraction of sp³-hybridized carbons (Fsp3) is 0.867.